The number of hydrogen-bond donors (Lipinski definition) is 2. The molecular weight excluding hydrogens is 475 g/mol. The van der Waals surface area contributed by atoms with E-state index < -0.39 is 5.97 Å². The van der Waals surface area contributed by atoms with Crippen LogP contribution in [0.5, 0.6) is 0 Å². The van der Waals surface area contributed by atoms with Crippen molar-refractivity contribution >= 4 is 59.1 Å². The molecule has 0 spiro atoms. The lowest BCUT2D eigenvalue weighted by Gasteiger charge is -2.22. The maximum absolute atomic E-state index is 12.5. The van der Waals surface area contributed by atoms with Crippen LogP contribution < -0.4 is 10.2 Å². The number of nitrogens with zero attached hydrogens (tertiary/aromatic N) is 3. The van der Waals surface area contributed by atoms with Gasteiger partial charge in [0.25, 0.3) is 0 Å². The van der Waals surface area contributed by atoms with Crippen molar-refractivity contribution in [2.75, 3.05) is 43.4 Å². The summed E-state index contributed by atoms with van der Waals surface area (Å²) in [6, 6.07) is 14.7. The summed E-state index contributed by atoms with van der Waals surface area (Å²) in [5, 5.41) is 13.2. The Hall–Kier alpha value is -2.87. The largest absolute Gasteiger partial charge is 0.478 e. The van der Waals surface area contributed by atoms with Gasteiger partial charge in [0.05, 0.1) is 17.5 Å². The normalized spacial score (nSPS) is 14.0. The molecule has 3 aromatic rings. The monoisotopic (exact) mass is 504 g/mol. The summed E-state index contributed by atoms with van der Waals surface area (Å²) in [5.41, 5.74) is 3.42. The highest BCUT2D eigenvalue weighted by Gasteiger charge is 2.19. The van der Waals surface area contributed by atoms with Gasteiger partial charge in [-0.2, -0.15) is 0 Å². The molecule has 0 saturated carbocycles. The quantitative estimate of drug-likeness (QED) is 0.535. The minimum absolute atomic E-state index is 0. The molecule has 1 aromatic heterocycles. The zero-order valence-corrected chi connectivity index (χ0v) is 20.9. The van der Waals surface area contributed by atoms with Gasteiger partial charge in [-0.05, 0) is 56.8 Å². The number of aryl methyl sites for hydroxylation is 1. The highest BCUT2D eigenvalue weighted by Crippen LogP contribution is 2.27. The molecule has 7 nitrogen and oxygen atoms in total. The molecule has 1 aliphatic rings. The Bertz CT molecular complexity index is 1150. The molecule has 0 atom stereocenters. The van der Waals surface area contributed by atoms with Gasteiger partial charge in [0, 0.05) is 30.7 Å². The summed E-state index contributed by atoms with van der Waals surface area (Å²) >= 11 is 0. The van der Waals surface area contributed by atoms with Crippen LogP contribution in [0.4, 0.5) is 11.5 Å². The van der Waals surface area contributed by atoms with Crippen LogP contribution in [-0.4, -0.2) is 60.1 Å². The molecule has 4 rings (SSSR count). The van der Waals surface area contributed by atoms with Crippen LogP contribution in [-0.2, 0) is 11.2 Å². The lowest BCUT2D eigenvalue weighted by atomic mass is 10.1. The molecule has 182 valence electrons. The summed E-state index contributed by atoms with van der Waals surface area (Å²) in [6.07, 6.45) is 1.26. The van der Waals surface area contributed by atoms with Gasteiger partial charge in [0.15, 0.2) is 0 Å². The Morgan fingerprint density at radius 1 is 1.00 bits per heavy atom. The molecule has 1 aliphatic heterocycles. The van der Waals surface area contributed by atoms with Crippen molar-refractivity contribution in [3.8, 4) is 0 Å². The van der Waals surface area contributed by atoms with Gasteiger partial charge in [-0.15, -0.1) is 24.8 Å². The minimum atomic E-state index is -1.01. The third-order valence-electron chi connectivity index (χ3n) is 5.84. The van der Waals surface area contributed by atoms with Crippen LogP contribution in [0.2, 0.25) is 0 Å². The summed E-state index contributed by atoms with van der Waals surface area (Å²) in [5.74, 6) is -0.474. The second kappa shape index (κ2) is 12.0. The standard InChI is InChI=1S/C25H28N4O3.2ClH/c1-17-4-6-18(7-5-17)14-24(30)26-19-8-9-22-20(15-19)21(25(31)32)16-23(27-22)29-11-3-10-28(2)12-13-29;;/h4-9,15-16H,3,10-14H2,1-2H3,(H,26,30)(H,31,32);2*1H. The number of carbonyl (C=O) groups excluding carboxylic acids is 1. The van der Waals surface area contributed by atoms with E-state index in [0.29, 0.717) is 22.4 Å². The number of halogens is 2. The van der Waals surface area contributed by atoms with Crippen LogP contribution in [0.15, 0.2) is 48.5 Å². The Morgan fingerprint density at radius 2 is 1.74 bits per heavy atom. The highest BCUT2D eigenvalue weighted by molar-refractivity contribution is 6.05. The van der Waals surface area contributed by atoms with E-state index >= 15 is 0 Å². The van der Waals surface area contributed by atoms with Gasteiger partial charge in [-0.25, -0.2) is 9.78 Å². The fourth-order valence-electron chi connectivity index (χ4n) is 4.00. The van der Waals surface area contributed by atoms with E-state index in [-0.39, 0.29) is 42.7 Å². The molecule has 1 saturated heterocycles. The number of aromatic nitrogens is 1. The molecule has 1 amide bonds. The lowest BCUT2D eigenvalue weighted by molar-refractivity contribution is -0.115. The first kappa shape index (κ1) is 27.4. The van der Waals surface area contributed by atoms with E-state index in [1.807, 2.05) is 31.2 Å². The number of nitrogens with one attached hydrogen (secondary N) is 1. The SMILES string of the molecule is Cc1ccc(CC(=O)Nc2ccc3nc(N4CCCN(C)CC4)cc(C(=O)O)c3c2)cc1.Cl.Cl. The number of aromatic carboxylic acids is 1. The number of amides is 1. The molecular formula is C25H30Cl2N4O3. The molecule has 0 bridgehead atoms. The maximum atomic E-state index is 12.5. The second-order valence-corrected chi connectivity index (χ2v) is 8.42. The first-order valence-corrected chi connectivity index (χ1v) is 10.9. The van der Waals surface area contributed by atoms with Gasteiger partial charge >= 0.3 is 5.97 Å². The third kappa shape index (κ3) is 6.59. The van der Waals surface area contributed by atoms with Crippen molar-refractivity contribution < 1.29 is 14.7 Å². The number of anilines is 2. The number of hydrogen-bond acceptors (Lipinski definition) is 5. The van der Waals surface area contributed by atoms with Crippen molar-refractivity contribution in [3.05, 3.63) is 65.2 Å². The van der Waals surface area contributed by atoms with Crippen molar-refractivity contribution in [2.24, 2.45) is 0 Å². The van der Waals surface area contributed by atoms with Crippen LogP contribution in [0.25, 0.3) is 10.9 Å². The number of carbonyl (C=O) groups is 2. The molecule has 1 fully saturated rings. The summed E-state index contributed by atoms with van der Waals surface area (Å²) in [7, 11) is 2.09. The number of fused-ring (bicyclic) bond motifs is 1. The highest BCUT2D eigenvalue weighted by atomic mass is 35.5. The Labute approximate surface area is 212 Å². The van der Waals surface area contributed by atoms with E-state index in [9.17, 15) is 14.7 Å². The Balaban J connectivity index is 0.00000204. The predicted octanol–water partition coefficient (Wildman–Crippen LogP) is 4.41. The van der Waals surface area contributed by atoms with Gasteiger partial charge in [0.1, 0.15) is 5.82 Å². The van der Waals surface area contributed by atoms with E-state index in [0.717, 1.165) is 43.7 Å². The summed E-state index contributed by atoms with van der Waals surface area (Å²) in [6.45, 7) is 5.58. The molecule has 2 N–H and O–H groups in total. The van der Waals surface area contributed by atoms with Crippen LogP contribution in [0.1, 0.15) is 27.9 Å². The van der Waals surface area contributed by atoms with E-state index in [4.69, 9.17) is 4.98 Å². The molecule has 0 unspecified atom stereocenters. The topological polar surface area (TPSA) is 85.8 Å². The smallest absolute Gasteiger partial charge is 0.336 e. The van der Waals surface area contributed by atoms with Gasteiger partial charge < -0.3 is 20.2 Å². The second-order valence-electron chi connectivity index (χ2n) is 8.42. The molecule has 2 heterocycles. The Morgan fingerprint density at radius 3 is 2.44 bits per heavy atom. The van der Waals surface area contributed by atoms with Gasteiger partial charge in [0.2, 0.25) is 5.91 Å². The minimum Gasteiger partial charge on any atom is -0.478 e. The zero-order valence-electron chi connectivity index (χ0n) is 19.3. The molecule has 0 radical (unpaired) electrons. The van der Waals surface area contributed by atoms with Crippen LogP contribution in [0, 0.1) is 6.92 Å². The van der Waals surface area contributed by atoms with Gasteiger partial charge in [-0.1, -0.05) is 29.8 Å². The number of likely N-dealkylation sites (N-methyl/N-ethyl adjacent to an activating group) is 1. The van der Waals surface area contributed by atoms with Crippen molar-refractivity contribution in [3.63, 3.8) is 0 Å². The lowest BCUT2D eigenvalue weighted by Crippen LogP contribution is -2.29. The fraction of sp³-hybridized carbons (Fsp3) is 0.320. The summed E-state index contributed by atoms with van der Waals surface area (Å²) in [4.78, 5) is 33.7. The third-order valence-corrected chi connectivity index (χ3v) is 5.84. The van der Waals surface area contributed by atoms with Gasteiger partial charge in [-0.3, -0.25) is 4.79 Å². The Kier molecular flexibility index (Phi) is 9.67. The van der Waals surface area contributed by atoms with E-state index in [1.54, 1.807) is 24.3 Å². The number of pyridine rings is 1. The van der Waals surface area contributed by atoms with Crippen LogP contribution >= 0.6 is 24.8 Å². The molecule has 34 heavy (non-hydrogen) atoms. The molecule has 9 heteroatoms. The number of carboxylic acid groups (broad SMARTS) is 1. The fourth-order valence-corrected chi connectivity index (χ4v) is 4.00. The average molecular weight is 505 g/mol. The number of benzene rings is 2. The maximum Gasteiger partial charge on any atom is 0.336 e. The van der Waals surface area contributed by atoms with Crippen molar-refractivity contribution in [1.29, 1.82) is 0 Å². The van der Waals surface area contributed by atoms with E-state index in [1.165, 1.54) is 0 Å². The van der Waals surface area contributed by atoms with E-state index in [2.05, 4.69) is 22.2 Å². The van der Waals surface area contributed by atoms with Crippen molar-refractivity contribution in [1.82, 2.24) is 9.88 Å². The number of rotatable bonds is 5. The average Bonchev–Trinajstić information content (AvgIpc) is 2.99. The van der Waals surface area contributed by atoms with Crippen LogP contribution in [0.3, 0.4) is 0 Å². The first-order chi connectivity index (χ1) is 15.4. The summed E-state index contributed by atoms with van der Waals surface area (Å²) < 4.78 is 0. The first-order valence-electron chi connectivity index (χ1n) is 10.9. The van der Waals surface area contributed by atoms with Crippen molar-refractivity contribution in [2.45, 2.75) is 19.8 Å². The number of carboxylic acids is 1. The predicted molar refractivity (Wildman–Crippen MR) is 141 cm³/mol. The molecule has 0 aliphatic carbocycles. The zero-order chi connectivity index (χ0) is 22.7. The molecule has 2 aromatic carbocycles.